The second-order valence-electron chi connectivity index (χ2n) is 6.11. The number of nitrogens with zero attached hydrogens (tertiary/aromatic N) is 1. The number of carbonyl (C=O) groups is 1. The van der Waals surface area contributed by atoms with E-state index < -0.39 is 0 Å². The van der Waals surface area contributed by atoms with Crippen molar-refractivity contribution in [3.63, 3.8) is 0 Å². The van der Waals surface area contributed by atoms with Crippen LogP contribution in [0.25, 0.3) is 11.0 Å². The molecule has 0 spiro atoms. The van der Waals surface area contributed by atoms with Gasteiger partial charge in [-0.2, -0.15) is 0 Å². The normalized spacial score (nSPS) is 13.4. The number of benzene rings is 2. The van der Waals surface area contributed by atoms with Crippen LogP contribution in [0.4, 0.5) is 0 Å². The van der Waals surface area contributed by atoms with E-state index in [1.165, 1.54) is 0 Å². The van der Waals surface area contributed by atoms with Gasteiger partial charge in [-0.05, 0) is 29.8 Å². The minimum atomic E-state index is -0.115. The Hall–Kier alpha value is -2.73. The van der Waals surface area contributed by atoms with Gasteiger partial charge in [0.25, 0.3) is 0 Å². The minimum absolute atomic E-state index is 0.115. The highest BCUT2D eigenvalue weighted by Crippen LogP contribution is 2.38. The molecule has 0 fully saturated rings. The number of aromatic amines is 1. The van der Waals surface area contributed by atoms with E-state index in [2.05, 4.69) is 15.3 Å². The Morgan fingerprint density at radius 3 is 2.96 bits per heavy atom. The van der Waals surface area contributed by atoms with Crippen molar-refractivity contribution in [2.75, 3.05) is 13.2 Å². The van der Waals surface area contributed by atoms with Gasteiger partial charge in [0.1, 0.15) is 5.82 Å². The molecule has 0 saturated heterocycles. The molecule has 4 rings (SSSR count). The average Bonchev–Trinajstić information content (AvgIpc) is 2.89. The van der Waals surface area contributed by atoms with Crippen LogP contribution < -0.4 is 14.8 Å². The van der Waals surface area contributed by atoms with Gasteiger partial charge in [0.15, 0.2) is 11.5 Å². The van der Waals surface area contributed by atoms with Gasteiger partial charge < -0.3 is 19.8 Å². The first-order chi connectivity index (χ1) is 12.7. The molecule has 0 bridgehead atoms. The number of carbonyl (C=O) groups excluding carboxylic acids is 1. The van der Waals surface area contributed by atoms with Gasteiger partial charge in [-0.25, -0.2) is 4.98 Å². The summed E-state index contributed by atoms with van der Waals surface area (Å²) in [5.74, 6) is 1.75. The number of imidazole rings is 1. The first-order valence-electron chi connectivity index (χ1n) is 8.47. The Labute approximate surface area is 155 Å². The molecule has 2 aromatic carbocycles. The molecule has 0 aliphatic carbocycles. The van der Waals surface area contributed by atoms with Crippen molar-refractivity contribution >= 4 is 28.5 Å². The first-order valence-corrected chi connectivity index (χ1v) is 8.85. The molecule has 7 heteroatoms. The third kappa shape index (κ3) is 3.60. The number of amides is 1. The maximum Gasteiger partial charge on any atom is 0.224 e. The molecule has 0 saturated carbocycles. The number of hydrogen-bond acceptors (Lipinski definition) is 4. The minimum Gasteiger partial charge on any atom is -0.489 e. The van der Waals surface area contributed by atoms with Crippen molar-refractivity contribution in [3.05, 3.63) is 52.8 Å². The number of ether oxygens (including phenoxy) is 2. The fourth-order valence-corrected chi connectivity index (χ4v) is 3.19. The molecular formula is C19H18ClN3O3. The molecule has 134 valence electrons. The van der Waals surface area contributed by atoms with Crippen molar-refractivity contribution in [1.82, 2.24) is 15.3 Å². The van der Waals surface area contributed by atoms with Crippen LogP contribution in [0.1, 0.15) is 17.8 Å². The predicted molar refractivity (Wildman–Crippen MR) is 98.7 cm³/mol. The topological polar surface area (TPSA) is 76.2 Å². The Kier molecular flexibility index (Phi) is 4.67. The summed E-state index contributed by atoms with van der Waals surface area (Å²) >= 11 is 6.27. The molecule has 1 aromatic heterocycles. The quantitative estimate of drug-likeness (QED) is 0.738. The zero-order valence-corrected chi connectivity index (χ0v) is 14.8. The highest BCUT2D eigenvalue weighted by atomic mass is 35.5. The molecule has 2 N–H and O–H groups in total. The highest BCUT2D eigenvalue weighted by Gasteiger charge is 2.17. The highest BCUT2D eigenvalue weighted by molar-refractivity contribution is 6.32. The van der Waals surface area contributed by atoms with Crippen LogP contribution in [0.2, 0.25) is 5.02 Å². The molecule has 3 aromatic rings. The van der Waals surface area contributed by atoms with E-state index >= 15 is 0 Å². The van der Waals surface area contributed by atoms with E-state index in [-0.39, 0.29) is 12.3 Å². The number of hydrogen-bond donors (Lipinski definition) is 2. The van der Waals surface area contributed by atoms with E-state index in [1.54, 1.807) is 6.07 Å². The fourth-order valence-electron chi connectivity index (χ4n) is 2.91. The first kappa shape index (κ1) is 16.7. The number of H-pyrrole nitrogens is 1. The molecular weight excluding hydrogens is 354 g/mol. The van der Waals surface area contributed by atoms with Crippen molar-refractivity contribution < 1.29 is 14.3 Å². The smallest absolute Gasteiger partial charge is 0.224 e. The monoisotopic (exact) mass is 371 g/mol. The maximum absolute atomic E-state index is 12.3. The lowest BCUT2D eigenvalue weighted by molar-refractivity contribution is -0.120. The van der Waals surface area contributed by atoms with E-state index in [1.807, 2.05) is 30.3 Å². The van der Waals surface area contributed by atoms with Crippen molar-refractivity contribution in [1.29, 1.82) is 0 Å². The molecule has 1 amide bonds. The van der Waals surface area contributed by atoms with Gasteiger partial charge in [-0.1, -0.05) is 23.7 Å². The fraction of sp³-hybridized carbons (Fsp3) is 0.263. The van der Waals surface area contributed by atoms with Crippen LogP contribution in [0.3, 0.4) is 0 Å². The summed E-state index contributed by atoms with van der Waals surface area (Å²) in [6, 6.07) is 11.3. The predicted octanol–water partition coefficient (Wildman–Crippen LogP) is 3.24. The van der Waals surface area contributed by atoms with E-state index in [0.717, 1.165) is 28.8 Å². The number of rotatable bonds is 4. The molecule has 6 nitrogen and oxygen atoms in total. The number of para-hydroxylation sites is 2. The summed E-state index contributed by atoms with van der Waals surface area (Å²) in [5, 5.41) is 3.33. The van der Waals surface area contributed by atoms with Crippen LogP contribution in [0.5, 0.6) is 11.5 Å². The van der Waals surface area contributed by atoms with Gasteiger partial charge in [0.2, 0.25) is 5.91 Å². The summed E-state index contributed by atoms with van der Waals surface area (Å²) in [6.45, 7) is 1.49. The molecule has 1 aliphatic rings. The van der Waals surface area contributed by atoms with Crippen molar-refractivity contribution in [3.8, 4) is 11.5 Å². The largest absolute Gasteiger partial charge is 0.489 e. The Morgan fingerprint density at radius 1 is 1.23 bits per heavy atom. The van der Waals surface area contributed by atoms with E-state index in [0.29, 0.717) is 36.3 Å². The second-order valence-corrected chi connectivity index (χ2v) is 6.52. The Balaban J connectivity index is 1.41. The van der Waals surface area contributed by atoms with Gasteiger partial charge in [0.05, 0.1) is 42.2 Å². The summed E-state index contributed by atoms with van der Waals surface area (Å²) in [4.78, 5) is 19.9. The van der Waals surface area contributed by atoms with Crippen LogP contribution in [0, 0.1) is 0 Å². The number of aromatic nitrogens is 2. The van der Waals surface area contributed by atoms with Crippen LogP contribution in [-0.2, 0) is 17.8 Å². The summed E-state index contributed by atoms with van der Waals surface area (Å²) < 4.78 is 11.3. The number of nitrogens with one attached hydrogen (secondary N) is 2. The van der Waals surface area contributed by atoms with Crippen LogP contribution in [0.15, 0.2) is 36.4 Å². The van der Waals surface area contributed by atoms with E-state index in [4.69, 9.17) is 21.1 Å². The van der Waals surface area contributed by atoms with Crippen molar-refractivity contribution in [2.24, 2.45) is 0 Å². The van der Waals surface area contributed by atoms with Gasteiger partial charge in [0, 0.05) is 6.42 Å². The Bertz CT molecular complexity index is 921. The third-order valence-corrected chi connectivity index (χ3v) is 4.40. The lowest BCUT2D eigenvalue weighted by atomic mass is 10.1. The number of fused-ring (bicyclic) bond motifs is 2. The summed E-state index contributed by atoms with van der Waals surface area (Å²) in [5.41, 5.74) is 2.61. The lowest BCUT2D eigenvalue weighted by Crippen LogP contribution is -2.25. The molecule has 1 aliphatic heterocycles. The summed E-state index contributed by atoms with van der Waals surface area (Å²) in [7, 11) is 0. The number of halogens is 1. The van der Waals surface area contributed by atoms with Crippen LogP contribution >= 0.6 is 11.6 Å². The maximum atomic E-state index is 12.3. The van der Waals surface area contributed by atoms with Gasteiger partial charge in [-0.15, -0.1) is 0 Å². The van der Waals surface area contributed by atoms with Gasteiger partial charge >= 0.3 is 0 Å². The lowest BCUT2D eigenvalue weighted by Gasteiger charge is -2.11. The zero-order valence-electron chi connectivity index (χ0n) is 14.0. The molecule has 26 heavy (non-hydrogen) atoms. The second kappa shape index (κ2) is 7.25. The summed E-state index contributed by atoms with van der Waals surface area (Å²) in [6.07, 6.45) is 1.01. The zero-order chi connectivity index (χ0) is 17.9. The van der Waals surface area contributed by atoms with Crippen LogP contribution in [-0.4, -0.2) is 29.1 Å². The van der Waals surface area contributed by atoms with E-state index in [9.17, 15) is 4.79 Å². The average molecular weight is 372 g/mol. The molecule has 0 radical (unpaired) electrons. The van der Waals surface area contributed by atoms with Crippen molar-refractivity contribution in [2.45, 2.75) is 19.4 Å². The molecule has 0 unspecified atom stereocenters. The molecule has 0 atom stereocenters. The molecule has 2 heterocycles. The Morgan fingerprint density at radius 2 is 2.08 bits per heavy atom. The standard InChI is InChI=1S/C19H18ClN3O3/c20-13-8-12(9-16-19(13)26-7-3-6-25-16)10-18(24)21-11-17-22-14-4-1-2-5-15(14)23-17/h1-2,4-5,8-9H,3,6-7,10-11H2,(H,21,24)(H,22,23). The third-order valence-electron chi connectivity index (χ3n) is 4.12. The van der Waals surface area contributed by atoms with Gasteiger partial charge in [-0.3, -0.25) is 4.79 Å². The SMILES string of the molecule is O=C(Cc1cc(Cl)c2c(c1)OCCCO2)NCc1nc2ccccc2[nH]1.